The summed E-state index contributed by atoms with van der Waals surface area (Å²) in [5, 5.41) is 22.2. The summed E-state index contributed by atoms with van der Waals surface area (Å²) in [5.74, 6) is -0.934. The Morgan fingerprint density at radius 1 is 1.46 bits per heavy atom. The number of aliphatic hydroxyl groups excluding tert-OH is 1. The topological polar surface area (TPSA) is 95.1 Å². The van der Waals surface area contributed by atoms with Crippen LogP contribution in [0.3, 0.4) is 0 Å². The average molecular weight is 379 g/mol. The Labute approximate surface area is 156 Å². The monoisotopic (exact) mass is 379 g/mol. The maximum atomic E-state index is 13.1. The number of hydrogen-bond donors (Lipinski definition) is 2. The van der Waals surface area contributed by atoms with Gasteiger partial charge in [0.05, 0.1) is 11.8 Å². The Hall–Kier alpha value is -1.93. The van der Waals surface area contributed by atoms with Gasteiger partial charge in [0.15, 0.2) is 4.96 Å². The predicted octanol–water partition coefficient (Wildman–Crippen LogP) is 2.42. The van der Waals surface area contributed by atoms with Crippen molar-refractivity contribution in [3.05, 3.63) is 23.0 Å². The number of aryl methyl sites for hydroxylation is 1. The van der Waals surface area contributed by atoms with Crippen LogP contribution in [0.15, 0.2) is 11.6 Å². The third kappa shape index (κ3) is 3.12. The first kappa shape index (κ1) is 18.8. The minimum absolute atomic E-state index is 0.0197. The van der Waals surface area contributed by atoms with Gasteiger partial charge in [-0.05, 0) is 32.1 Å². The van der Waals surface area contributed by atoms with E-state index in [-0.39, 0.29) is 18.9 Å². The Kier molecular flexibility index (Phi) is 5.07. The summed E-state index contributed by atoms with van der Waals surface area (Å²) >= 11 is 1.45. The molecule has 2 aromatic rings. The lowest BCUT2D eigenvalue weighted by molar-refractivity contribution is -0.163. The number of fused-ring (bicyclic) bond motifs is 1. The number of carbonyl (C=O) groups excluding carboxylic acids is 1. The van der Waals surface area contributed by atoms with Gasteiger partial charge in [0.1, 0.15) is 11.1 Å². The number of likely N-dealkylation sites (tertiary alicyclic amines) is 1. The highest BCUT2D eigenvalue weighted by Crippen LogP contribution is 2.37. The van der Waals surface area contributed by atoms with Crippen molar-refractivity contribution in [3.8, 4) is 0 Å². The number of nitrogens with zero attached hydrogens (tertiary/aromatic N) is 3. The van der Waals surface area contributed by atoms with Crippen LogP contribution in [0.25, 0.3) is 4.96 Å². The number of imidazole rings is 1. The molecule has 0 aromatic carbocycles. The van der Waals surface area contributed by atoms with Crippen LogP contribution >= 0.6 is 11.3 Å². The first-order valence-electron chi connectivity index (χ1n) is 8.89. The molecule has 0 aliphatic carbocycles. The molecule has 2 aromatic heterocycles. The molecule has 3 rings (SSSR count). The van der Waals surface area contributed by atoms with Crippen LogP contribution in [0.5, 0.6) is 0 Å². The normalized spacial score (nSPS) is 23.7. The van der Waals surface area contributed by atoms with Crippen LogP contribution < -0.4 is 0 Å². The van der Waals surface area contributed by atoms with Crippen molar-refractivity contribution in [1.29, 1.82) is 0 Å². The Morgan fingerprint density at radius 3 is 2.85 bits per heavy atom. The molecular weight excluding hydrogens is 354 g/mol. The van der Waals surface area contributed by atoms with Crippen molar-refractivity contribution in [2.24, 2.45) is 11.3 Å². The molecule has 0 spiro atoms. The van der Waals surface area contributed by atoms with E-state index < -0.39 is 17.5 Å². The van der Waals surface area contributed by atoms with Gasteiger partial charge < -0.3 is 15.1 Å². The van der Waals surface area contributed by atoms with E-state index >= 15 is 0 Å². The van der Waals surface area contributed by atoms with Gasteiger partial charge in [-0.2, -0.15) is 0 Å². The SMILES string of the molecule is Cc1nc2sccn2c1C(=O)N1CC[C@@H](O)[C@](CCC(C)C)(C(=O)O)C1. The Balaban J connectivity index is 1.91. The number of carboxylic acid groups (broad SMARTS) is 1. The maximum Gasteiger partial charge on any atom is 0.314 e. The summed E-state index contributed by atoms with van der Waals surface area (Å²) < 4.78 is 1.75. The van der Waals surface area contributed by atoms with Gasteiger partial charge in [-0.3, -0.25) is 14.0 Å². The Bertz CT molecular complexity index is 828. The van der Waals surface area contributed by atoms with Crippen LogP contribution in [0.2, 0.25) is 0 Å². The van der Waals surface area contributed by atoms with Crippen LogP contribution in [-0.4, -0.2) is 55.6 Å². The lowest BCUT2D eigenvalue weighted by Gasteiger charge is -2.43. The molecule has 1 amide bonds. The van der Waals surface area contributed by atoms with Crippen molar-refractivity contribution in [2.45, 2.75) is 46.1 Å². The van der Waals surface area contributed by atoms with Crippen LogP contribution in [-0.2, 0) is 4.79 Å². The molecule has 8 heteroatoms. The molecular formula is C18H25N3O4S. The highest BCUT2D eigenvalue weighted by atomic mass is 32.1. The molecule has 0 radical (unpaired) electrons. The number of piperidine rings is 1. The minimum atomic E-state index is -1.31. The van der Waals surface area contributed by atoms with Gasteiger partial charge in [0.25, 0.3) is 5.91 Å². The highest BCUT2D eigenvalue weighted by molar-refractivity contribution is 7.15. The van der Waals surface area contributed by atoms with E-state index in [1.165, 1.54) is 11.3 Å². The first-order valence-corrected chi connectivity index (χ1v) is 9.77. The second kappa shape index (κ2) is 7.00. The molecule has 26 heavy (non-hydrogen) atoms. The maximum absolute atomic E-state index is 13.1. The van der Waals surface area contributed by atoms with Crippen LogP contribution in [0.4, 0.5) is 0 Å². The standard InChI is InChI=1S/C18H25N3O4S/c1-11(2)4-6-18(16(24)25)10-20(7-5-13(18)22)15(23)14-12(3)19-17-21(14)8-9-26-17/h8-9,11,13,22H,4-7,10H2,1-3H3,(H,24,25)/t13-,18-/m1/s1. The van der Waals surface area contributed by atoms with E-state index in [9.17, 15) is 19.8 Å². The molecule has 0 unspecified atom stereocenters. The van der Waals surface area contributed by atoms with Crippen molar-refractivity contribution in [1.82, 2.24) is 14.3 Å². The zero-order valence-electron chi connectivity index (χ0n) is 15.3. The fourth-order valence-electron chi connectivity index (χ4n) is 3.66. The van der Waals surface area contributed by atoms with E-state index in [1.807, 2.05) is 19.2 Å². The fourth-order valence-corrected chi connectivity index (χ4v) is 4.42. The summed E-state index contributed by atoms with van der Waals surface area (Å²) in [6.07, 6.45) is 2.15. The summed E-state index contributed by atoms with van der Waals surface area (Å²) in [6.45, 7) is 6.20. The second-order valence-electron chi connectivity index (χ2n) is 7.53. The first-order chi connectivity index (χ1) is 12.3. The number of carboxylic acids is 1. The quantitative estimate of drug-likeness (QED) is 0.832. The predicted molar refractivity (Wildman–Crippen MR) is 98.5 cm³/mol. The van der Waals surface area contributed by atoms with E-state index in [1.54, 1.807) is 22.4 Å². The molecule has 1 fully saturated rings. The highest BCUT2D eigenvalue weighted by Gasteiger charge is 2.50. The minimum Gasteiger partial charge on any atom is -0.481 e. The van der Waals surface area contributed by atoms with Gasteiger partial charge >= 0.3 is 5.97 Å². The number of thiazole rings is 1. The summed E-state index contributed by atoms with van der Waals surface area (Å²) in [5.41, 5.74) is -0.207. The number of aliphatic hydroxyl groups is 1. The van der Waals surface area contributed by atoms with Crippen molar-refractivity contribution in [3.63, 3.8) is 0 Å². The second-order valence-corrected chi connectivity index (χ2v) is 8.40. The molecule has 142 valence electrons. The third-order valence-electron chi connectivity index (χ3n) is 5.30. The third-order valence-corrected chi connectivity index (χ3v) is 6.06. The zero-order valence-corrected chi connectivity index (χ0v) is 16.1. The molecule has 0 bridgehead atoms. The number of aromatic nitrogens is 2. The van der Waals surface area contributed by atoms with Crippen LogP contribution in [0.1, 0.15) is 49.3 Å². The summed E-state index contributed by atoms with van der Waals surface area (Å²) in [7, 11) is 0. The number of carbonyl (C=O) groups is 2. The lowest BCUT2D eigenvalue weighted by atomic mass is 9.72. The summed E-state index contributed by atoms with van der Waals surface area (Å²) in [4.78, 5) is 31.9. The number of hydrogen-bond acceptors (Lipinski definition) is 5. The van der Waals surface area contributed by atoms with E-state index in [2.05, 4.69) is 4.98 Å². The van der Waals surface area contributed by atoms with E-state index in [0.717, 1.165) is 4.96 Å². The van der Waals surface area contributed by atoms with Gasteiger partial charge in [0, 0.05) is 24.7 Å². The Morgan fingerprint density at radius 2 is 2.19 bits per heavy atom. The fraction of sp³-hybridized carbons (Fsp3) is 0.611. The van der Waals surface area contributed by atoms with Crippen molar-refractivity contribution >= 4 is 28.2 Å². The van der Waals surface area contributed by atoms with Gasteiger partial charge in [0.2, 0.25) is 0 Å². The number of rotatable bonds is 5. The molecule has 1 aliphatic rings. The molecule has 1 aliphatic heterocycles. The van der Waals surface area contributed by atoms with E-state index in [4.69, 9.17) is 0 Å². The molecule has 1 saturated heterocycles. The van der Waals surface area contributed by atoms with Gasteiger partial charge in [-0.25, -0.2) is 4.98 Å². The summed E-state index contributed by atoms with van der Waals surface area (Å²) in [6, 6.07) is 0. The molecule has 7 nitrogen and oxygen atoms in total. The molecule has 3 heterocycles. The van der Waals surface area contributed by atoms with Gasteiger partial charge in [-0.15, -0.1) is 11.3 Å². The van der Waals surface area contributed by atoms with E-state index in [0.29, 0.717) is 36.7 Å². The number of aliphatic carboxylic acids is 1. The largest absolute Gasteiger partial charge is 0.481 e. The van der Waals surface area contributed by atoms with Crippen LogP contribution in [0, 0.1) is 18.3 Å². The molecule has 0 saturated carbocycles. The smallest absolute Gasteiger partial charge is 0.314 e. The average Bonchev–Trinajstić information content (AvgIpc) is 3.13. The van der Waals surface area contributed by atoms with Crippen molar-refractivity contribution < 1.29 is 19.8 Å². The lowest BCUT2D eigenvalue weighted by Crippen LogP contribution is -2.57. The molecule has 2 N–H and O–H groups in total. The van der Waals surface area contributed by atoms with Gasteiger partial charge in [-0.1, -0.05) is 13.8 Å². The zero-order chi connectivity index (χ0) is 19.1. The number of amides is 1. The van der Waals surface area contributed by atoms with Crippen molar-refractivity contribution in [2.75, 3.05) is 13.1 Å². The molecule has 2 atom stereocenters.